The van der Waals surface area contributed by atoms with Gasteiger partial charge in [-0.05, 0) is 48.7 Å². The summed E-state index contributed by atoms with van der Waals surface area (Å²) in [6.45, 7) is 1.39. The minimum absolute atomic E-state index is 0.0644. The molecule has 186 valence electrons. The predicted octanol–water partition coefficient (Wildman–Crippen LogP) is 5.57. The predicted molar refractivity (Wildman–Crippen MR) is 140 cm³/mol. The van der Waals surface area contributed by atoms with Crippen LogP contribution in [0, 0.1) is 0 Å². The van der Waals surface area contributed by atoms with Crippen LogP contribution < -0.4 is 14.4 Å². The first-order valence-electron chi connectivity index (χ1n) is 11.0. The van der Waals surface area contributed by atoms with E-state index in [1.165, 1.54) is 11.8 Å². The molecule has 0 radical (unpaired) electrons. The first kappa shape index (κ1) is 25.9. The number of carbonyl (C=O) groups excluding carboxylic acids is 1. The minimum Gasteiger partial charge on any atom is -0.493 e. The number of aliphatic imine (C=N–C) groups is 1. The Labute approximate surface area is 219 Å². The van der Waals surface area contributed by atoms with Gasteiger partial charge in [-0.15, -0.1) is 0 Å². The van der Waals surface area contributed by atoms with Crippen LogP contribution in [0.15, 0.2) is 51.9 Å². The zero-order valence-corrected chi connectivity index (χ0v) is 22.0. The topological polar surface area (TPSA) is 69.6 Å². The highest BCUT2D eigenvalue weighted by Crippen LogP contribution is 2.40. The van der Waals surface area contributed by atoms with Crippen LogP contribution in [0.2, 0.25) is 10.0 Å². The lowest BCUT2D eigenvalue weighted by Crippen LogP contribution is -2.37. The van der Waals surface area contributed by atoms with Crippen molar-refractivity contribution in [1.29, 1.82) is 0 Å². The van der Waals surface area contributed by atoms with Gasteiger partial charge < -0.3 is 23.8 Å². The van der Waals surface area contributed by atoms with Crippen molar-refractivity contribution in [3.8, 4) is 11.5 Å². The number of thioether (sulfide) groups is 1. The molecule has 0 atom stereocenters. The average molecular weight is 537 g/mol. The van der Waals surface area contributed by atoms with Crippen LogP contribution in [0.3, 0.4) is 0 Å². The number of hydrogen-bond acceptors (Lipinski definition) is 7. The van der Waals surface area contributed by atoms with E-state index in [0.717, 1.165) is 34.7 Å². The molecule has 7 nitrogen and oxygen atoms in total. The SMILES string of the molecule is COc1cc(N2CCC3=C(SC(c4ccc(Cl)cc4Cl)=NCC3)C2=O)ccc1OCC(OC)OC. The molecule has 0 bridgehead atoms. The third-order valence-electron chi connectivity index (χ3n) is 5.79. The van der Waals surface area contributed by atoms with E-state index in [4.69, 9.17) is 47.1 Å². The van der Waals surface area contributed by atoms with Gasteiger partial charge >= 0.3 is 0 Å². The van der Waals surface area contributed by atoms with Crippen LogP contribution >= 0.6 is 35.0 Å². The second-order valence-corrected chi connectivity index (χ2v) is 9.69. The Hall–Kier alpha value is -2.23. The van der Waals surface area contributed by atoms with Crippen molar-refractivity contribution in [3.05, 3.63) is 62.5 Å². The van der Waals surface area contributed by atoms with E-state index in [0.29, 0.717) is 39.5 Å². The van der Waals surface area contributed by atoms with E-state index >= 15 is 0 Å². The normalized spacial score (nSPS) is 16.2. The number of methoxy groups -OCH3 is 3. The molecule has 0 spiro atoms. The smallest absolute Gasteiger partial charge is 0.265 e. The van der Waals surface area contributed by atoms with Crippen LogP contribution in [0.4, 0.5) is 5.69 Å². The second kappa shape index (κ2) is 11.7. The van der Waals surface area contributed by atoms with Gasteiger partial charge in [-0.1, -0.05) is 35.0 Å². The zero-order chi connectivity index (χ0) is 24.9. The molecular weight excluding hydrogens is 511 g/mol. The van der Waals surface area contributed by atoms with Crippen LogP contribution in [0.1, 0.15) is 18.4 Å². The molecule has 0 N–H and O–H groups in total. The van der Waals surface area contributed by atoms with Crippen molar-refractivity contribution in [3.63, 3.8) is 0 Å². The van der Waals surface area contributed by atoms with Gasteiger partial charge in [0.2, 0.25) is 0 Å². The number of benzene rings is 2. The van der Waals surface area contributed by atoms with E-state index in [-0.39, 0.29) is 12.5 Å². The van der Waals surface area contributed by atoms with Gasteiger partial charge in [0.25, 0.3) is 5.91 Å². The number of nitrogens with zero attached hydrogens (tertiary/aromatic N) is 2. The highest BCUT2D eigenvalue weighted by molar-refractivity contribution is 8.18. The Kier molecular flexibility index (Phi) is 8.62. The molecule has 0 unspecified atom stereocenters. The lowest BCUT2D eigenvalue weighted by Gasteiger charge is -2.30. The van der Waals surface area contributed by atoms with Crippen molar-refractivity contribution in [1.82, 2.24) is 0 Å². The summed E-state index contributed by atoms with van der Waals surface area (Å²) in [6, 6.07) is 10.7. The van der Waals surface area contributed by atoms with E-state index in [1.54, 1.807) is 50.5 Å². The first-order chi connectivity index (χ1) is 16.9. The maximum absolute atomic E-state index is 13.6. The number of anilines is 1. The van der Waals surface area contributed by atoms with Crippen LogP contribution in [-0.2, 0) is 14.3 Å². The van der Waals surface area contributed by atoms with Crippen molar-refractivity contribution < 1.29 is 23.7 Å². The fraction of sp³-hybridized carbons (Fsp3) is 0.360. The molecule has 2 aromatic rings. The number of hydrogen-bond donors (Lipinski definition) is 0. The molecule has 4 rings (SSSR count). The Morgan fingerprint density at radius 3 is 2.57 bits per heavy atom. The molecule has 0 aliphatic carbocycles. The average Bonchev–Trinajstić information content (AvgIpc) is 3.08. The molecule has 2 aliphatic rings. The van der Waals surface area contributed by atoms with Gasteiger partial charge in [-0.25, -0.2) is 0 Å². The van der Waals surface area contributed by atoms with Crippen LogP contribution in [0.25, 0.3) is 0 Å². The van der Waals surface area contributed by atoms with Gasteiger partial charge in [0.15, 0.2) is 17.8 Å². The Balaban J connectivity index is 1.56. The molecule has 0 aromatic heterocycles. The third kappa shape index (κ3) is 5.78. The van der Waals surface area contributed by atoms with E-state index < -0.39 is 6.29 Å². The largest absolute Gasteiger partial charge is 0.493 e. The van der Waals surface area contributed by atoms with Gasteiger partial charge in [-0.3, -0.25) is 9.79 Å². The van der Waals surface area contributed by atoms with E-state index in [9.17, 15) is 4.79 Å². The number of rotatable bonds is 8. The Morgan fingerprint density at radius 1 is 1.06 bits per heavy atom. The number of ether oxygens (including phenoxy) is 4. The van der Waals surface area contributed by atoms with Gasteiger partial charge in [0, 0.05) is 49.6 Å². The summed E-state index contributed by atoms with van der Waals surface area (Å²) in [6.07, 6.45) is 1.02. The maximum atomic E-state index is 13.6. The van der Waals surface area contributed by atoms with Crippen molar-refractivity contribution in [2.45, 2.75) is 19.1 Å². The summed E-state index contributed by atoms with van der Waals surface area (Å²) in [5, 5.41) is 1.79. The highest BCUT2D eigenvalue weighted by Gasteiger charge is 2.32. The zero-order valence-electron chi connectivity index (χ0n) is 19.7. The van der Waals surface area contributed by atoms with Crippen molar-refractivity contribution in [2.24, 2.45) is 4.99 Å². The summed E-state index contributed by atoms with van der Waals surface area (Å²) in [4.78, 5) is 20.8. The quantitative estimate of drug-likeness (QED) is 0.410. The number of halogens is 2. The van der Waals surface area contributed by atoms with Gasteiger partial charge in [-0.2, -0.15) is 0 Å². The Bertz CT molecular complexity index is 1170. The number of carbonyl (C=O) groups is 1. The summed E-state index contributed by atoms with van der Waals surface area (Å²) in [5.74, 6) is 0.991. The summed E-state index contributed by atoms with van der Waals surface area (Å²) in [5.41, 5.74) is 2.62. The Morgan fingerprint density at radius 2 is 1.86 bits per heavy atom. The molecular formula is C25H26Cl2N2O5S. The van der Waals surface area contributed by atoms with E-state index in [2.05, 4.69) is 0 Å². The van der Waals surface area contributed by atoms with E-state index in [1.807, 2.05) is 12.1 Å². The molecule has 0 fully saturated rings. The van der Waals surface area contributed by atoms with Gasteiger partial charge in [0.1, 0.15) is 11.7 Å². The van der Waals surface area contributed by atoms with Crippen molar-refractivity contribution in [2.75, 3.05) is 45.9 Å². The molecule has 0 saturated heterocycles. The summed E-state index contributed by atoms with van der Waals surface area (Å²) in [7, 11) is 4.66. The van der Waals surface area contributed by atoms with Crippen LogP contribution in [0.5, 0.6) is 11.5 Å². The molecule has 0 saturated carbocycles. The fourth-order valence-electron chi connectivity index (χ4n) is 3.89. The molecule has 2 aromatic carbocycles. The fourth-order valence-corrected chi connectivity index (χ4v) is 5.63. The molecule has 1 amide bonds. The van der Waals surface area contributed by atoms with Gasteiger partial charge in [0.05, 0.1) is 17.0 Å². The lowest BCUT2D eigenvalue weighted by atomic mass is 10.0. The molecule has 35 heavy (non-hydrogen) atoms. The standard InChI is InChI=1S/C25H26Cl2N2O5S/c1-31-21-13-17(5-7-20(21)34-14-22(32-2)33-3)29-11-9-15-8-10-28-24(35-23(15)25(29)30)18-6-4-16(26)12-19(18)27/h4-7,12-13,22H,8-11,14H2,1-3H3. The number of amides is 1. The molecule has 2 aliphatic heterocycles. The monoisotopic (exact) mass is 536 g/mol. The third-order valence-corrected chi connectivity index (χ3v) is 7.54. The summed E-state index contributed by atoms with van der Waals surface area (Å²) < 4.78 is 21.7. The lowest BCUT2D eigenvalue weighted by molar-refractivity contribution is -0.122. The highest BCUT2D eigenvalue weighted by atomic mass is 35.5. The van der Waals surface area contributed by atoms with Crippen molar-refractivity contribution >= 4 is 51.6 Å². The molecule has 2 heterocycles. The maximum Gasteiger partial charge on any atom is 0.265 e. The first-order valence-corrected chi connectivity index (χ1v) is 12.6. The van der Waals surface area contributed by atoms with Crippen LogP contribution in [-0.4, -0.2) is 58.3 Å². The molecule has 10 heteroatoms. The summed E-state index contributed by atoms with van der Waals surface area (Å²) >= 11 is 13.9. The second-order valence-electron chi connectivity index (χ2n) is 7.85. The minimum atomic E-state index is -0.495.